The van der Waals surface area contributed by atoms with Gasteiger partial charge in [0.2, 0.25) is 0 Å². The first-order chi connectivity index (χ1) is 10.6. The molecule has 0 unspecified atom stereocenters. The Hall–Kier alpha value is -1.52. The first-order valence-electron chi connectivity index (χ1n) is 8.66. The Kier molecular flexibility index (Phi) is 9.35. The van der Waals surface area contributed by atoms with Crippen LogP contribution in [0.15, 0.2) is 6.20 Å². The number of imidazole rings is 1. The Morgan fingerprint density at radius 1 is 1.05 bits per heavy atom. The van der Waals surface area contributed by atoms with Crippen LogP contribution >= 0.6 is 0 Å². The van der Waals surface area contributed by atoms with Crippen molar-refractivity contribution in [2.24, 2.45) is 0 Å². The average molecular weight is 311 g/mol. The summed E-state index contributed by atoms with van der Waals surface area (Å²) in [6.45, 7) is 2.05. The molecule has 5 heteroatoms. The number of nitrogens with zero attached hydrogens (tertiary/aromatic N) is 1. The maximum atomic E-state index is 10.8. The predicted molar refractivity (Wildman–Crippen MR) is 85.8 cm³/mol. The molecule has 1 rings (SSSR count). The van der Waals surface area contributed by atoms with E-state index in [1.807, 2.05) is 0 Å². The summed E-state index contributed by atoms with van der Waals surface area (Å²) in [5.41, 5.74) is 0.861. The second-order valence-electron chi connectivity index (χ2n) is 6.02. The van der Waals surface area contributed by atoms with Gasteiger partial charge in [-0.3, -0.25) is 0 Å². The summed E-state index contributed by atoms with van der Waals surface area (Å²) >= 11 is 0. The van der Waals surface area contributed by atoms with Gasteiger partial charge < -0.3 is 10.2 Å². The molecule has 0 fully saturated rings. The SMILES string of the molecule is CCCCCCCCCCCCc1c[nH]c(O)[n+]1CC(=O)O. The number of aromatic nitrogens is 2. The normalized spacial score (nSPS) is 11.0. The van der Waals surface area contributed by atoms with Gasteiger partial charge in [-0.05, 0) is 6.42 Å². The van der Waals surface area contributed by atoms with Gasteiger partial charge in [-0.25, -0.2) is 9.78 Å². The lowest BCUT2D eigenvalue weighted by atomic mass is 10.1. The summed E-state index contributed by atoms with van der Waals surface area (Å²) in [6, 6.07) is -0.0792. The van der Waals surface area contributed by atoms with Crippen LogP contribution in [-0.4, -0.2) is 21.2 Å². The Balaban J connectivity index is 2.09. The zero-order chi connectivity index (χ0) is 16.2. The predicted octanol–water partition coefficient (Wildman–Crippen LogP) is 3.56. The number of aromatic hydroxyl groups is 1. The molecule has 22 heavy (non-hydrogen) atoms. The van der Waals surface area contributed by atoms with E-state index >= 15 is 0 Å². The summed E-state index contributed by atoms with van der Waals surface area (Å²) in [4.78, 5) is 13.5. The number of carbonyl (C=O) groups is 1. The van der Waals surface area contributed by atoms with Crippen molar-refractivity contribution in [3.05, 3.63) is 11.9 Å². The molecule has 0 aromatic carbocycles. The number of aliphatic carboxylic acids is 1. The molecule has 0 atom stereocenters. The Morgan fingerprint density at radius 3 is 2.14 bits per heavy atom. The molecule has 0 radical (unpaired) electrons. The Bertz CT molecular complexity index is 430. The Morgan fingerprint density at radius 2 is 1.59 bits per heavy atom. The molecule has 0 aliphatic heterocycles. The van der Waals surface area contributed by atoms with Crippen molar-refractivity contribution < 1.29 is 19.6 Å². The van der Waals surface area contributed by atoms with E-state index in [9.17, 15) is 9.90 Å². The molecular formula is C17H31N2O3+. The second kappa shape index (κ2) is 11.1. The van der Waals surface area contributed by atoms with Crippen LogP contribution in [0.5, 0.6) is 6.01 Å². The van der Waals surface area contributed by atoms with Crippen molar-refractivity contribution >= 4 is 5.97 Å². The summed E-state index contributed by atoms with van der Waals surface area (Å²) in [5, 5.41) is 18.4. The van der Waals surface area contributed by atoms with Crippen molar-refractivity contribution in [3.63, 3.8) is 0 Å². The highest BCUT2D eigenvalue weighted by Crippen LogP contribution is 2.12. The number of hydrogen-bond donors (Lipinski definition) is 3. The first-order valence-corrected chi connectivity index (χ1v) is 8.66. The van der Waals surface area contributed by atoms with Crippen molar-refractivity contribution in [2.75, 3.05) is 0 Å². The molecule has 1 aromatic rings. The lowest BCUT2D eigenvalue weighted by Crippen LogP contribution is -2.40. The van der Waals surface area contributed by atoms with Gasteiger partial charge >= 0.3 is 12.0 Å². The molecule has 5 nitrogen and oxygen atoms in total. The summed E-state index contributed by atoms with van der Waals surface area (Å²) in [6.07, 6.45) is 15.3. The maximum absolute atomic E-state index is 10.8. The lowest BCUT2D eigenvalue weighted by Gasteiger charge is -2.02. The lowest BCUT2D eigenvalue weighted by molar-refractivity contribution is -0.697. The first kappa shape index (κ1) is 18.5. The number of H-pyrrole nitrogens is 1. The number of carboxylic acid groups (broad SMARTS) is 1. The topological polar surface area (TPSA) is 77.2 Å². The molecule has 126 valence electrons. The summed E-state index contributed by atoms with van der Waals surface area (Å²) in [7, 11) is 0. The van der Waals surface area contributed by atoms with Crippen LogP contribution in [0.2, 0.25) is 0 Å². The van der Waals surface area contributed by atoms with Crippen LogP contribution in [0.25, 0.3) is 0 Å². The van der Waals surface area contributed by atoms with E-state index in [0.717, 1.165) is 25.0 Å². The van der Waals surface area contributed by atoms with Gasteiger partial charge in [0.1, 0.15) is 11.9 Å². The maximum Gasteiger partial charge on any atom is 0.452 e. The number of rotatable bonds is 13. The van der Waals surface area contributed by atoms with Gasteiger partial charge in [0.05, 0.1) is 0 Å². The van der Waals surface area contributed by atoms with Crippen LogP contribution in [-0.2, 0) is 17.8 Å². The van der Waals surface area contributed by atoms with Gasteiger partial charge in [-0.15, -0.1) is 0 Å². The highest BCUT2D eigenvalue weighted by Gasteiger charge is 2.18. The molecule has 0 amide bonds. The second-order valence-corrected chi connectivity index (χ2v) is 6.02. The molecule has 1 heterocycles. The minimum atomic E-state index is -0.941. The van der Waals surface area contributed by atoms with E-state index in [1.165, 1.54) is 55.9 Å². The van der Waals surface area contributed by atoms with Crippen LogP contribution in [0.4, 0.5) is 0 Å². The van der Waals surface area contributed by atoms with Crippen LogP contribution in [0.3, 0.4) is 0 Å². The van der Waals surface area contributed by atoms with E-state index in [4.69, 9.17) is 5.11 Å². The number of carboxylic acids is 1. The smallest absolute Gasteiger partial charge is 0.452 e. The number of aryl methyl sites for hydroxylation is 1. The van der Waals surface area contributed by atoms with Crippen molar-refractivity contribution in [1.82, 2.24) is 4.98 Å². The fraction of sp³-hybridized carbons (Fsp3) is 0.765. The summed E-state index contributed by atoms with van der Waals surface area (Å²) in [5.74, 6) is -0.941. The number of hydrogen-bond acceptors (Lipinski definition) is 2. The quantitative estimate of drug-likeness (QED) is 0.385. The van der Waals surface area contributed by atoms with Gasteiger partial charge in [0.25, 0.3) is 0 Å². The molecule has 1 aromatic heterocycles. The minimum Gasteiger partial charge on any atom is -0.478 e. The largest absolute Gasteiger partial charge is 0.478 e. The highest BCUT2D eigenvalue weighted by atomic mass is 16.4. The van der Waals surface area contributed by atoms with Crippen molar-refractivity contribution in [2.45, 2.75) is 84.1 Å². The molecule has 0 saturated carbocycles. The molecule has 0 spiro atoms. The van der Waals surface area contributed by atoms with E-state index < -0.39 is 5.97 Å². The average Bonchev–Trinajstić information content (AvgIpc) is 2.81. The van der Waals surface area contributed by atoms with Crippen molar-refractivity contribution in [1.29, 1.82) is 0 Å². The molecule has 3 N–H and O–H groups in total. The standard InChI is InChI=1S/C17H30N2O3/c1-2-3-4-5-6-7-8-9-10-11-12-15-13-18-17(22)19(15)14-16(20)21/h13H,2-12,14H2,1H3,(H2,18,20,21,22)/p+1. The number of aromatic amines is 1. The zero-order valence-corrected chi connectivity index (χ0v) is 13.8. The minimum absolute atomic E-state index is 0.0792. The fourth-order valence-corrected chi connectivity index (χ4v) is 2.75. The molecule has 0 aliphatic carbocycles. The highest BCUT2D eigenvalue weighted by molar-refractivity contribution is 5.64. The van der Waals surface area contributed by atoms with Gasteiger partial charge in [0, 0.05) is 6.42 Å². The van der Waals surface area contributed by atoms with Gasteiger partial charge in [-0.2, -0.15) is 4.57 Å². The van der Waals surface area contributed by atoms with Crippen LogP contribution in [0.1, 0.15) is 76.8 Å². The molecule has 0 bridgehead atoms. The zero-order valence-electron chi connectivity index (χ0n) is 13.8. The van der Waals surface area contributed by atoms with E-state index in [2.05, 4.69) is 11.9 Å². The van der Waals surface area contributed by atoms with Gasteiger partial charge in [-0.1, -0.05) is 64.7 Å². The van der Waals surface area contributed by atoms with Gasteiger partial charge in [0.15, 0.2) is 6.54 Å². The van der Waals surface area contributed by atoms with Crippen molar-refractivity contribution in [3.8, 4) is 6.01 Å². The molecule has 0 aliphatic rings. The third-order valence-electron chi connectivity index (χ3n) is 4.05. The third kappa shape index (κ3) is 7.48. The number of unbranched alkanes of at least 4 members (excludes halogenated alkanes) is 9. The van der Waals surface area contributed by atoms with E-state index in [0.29, 0.717) is 0 Å². The number of nitrogens with one attached hydrogen (secondary N) is 1. The molecule has 0 saturated heterocycles. The summed E-state index contributed by atoms with van der Waals surface area (Å²) < 4.78 is 1.43. The Labute approximate surface area is 133 Å². The third-order valence-corrected chi connectivity index (χ3v) is 4.05. The van der Waals surface area contributed by atoms with E-state index in [-0.39, 0.29) is 12.6 Å². The monoisotopic (exact) mass is 311 g/mol. The molecular weight excluding hydrogens is 280 g/mol. The fourth-order valence-electron chi connectivity index (χ4n) is 2.75. The van der Waals surface area contributed by atoms with E-state index in [1.54, 1.807) is 6.20 Å². The van der Waals surface area contributed by atoms with Crippen LogP contribution < -0.4 is 4.57 Å². The van der Waals surface area contributed by atoms with Crippen LogP contribution in [0, 0.1) is 0 Å².